The normalized spacial score (nSPS) is 13.2. The van der Waals surface area contributed by atoms with Crippen molar-refractivity contribution >= 4 is 75.0 Å². The van der Waals surface area contributed by atoms with Crippen LogP contribution in [0.3, 0.4) is 0 Å². The zero-order valence-corrected chi connectivity index (χ0v) is 30.3. The largest absolute Gasteiger partial charge is 0.456 e. The van der Waals surface area contributed by atoms with E-state index < -0.39 is 0 Å². The molecule has 8 aromatic carbocycles. The molecule has 2 heteroatoms. The molecule has 11 rings (SSSR count). The Morgan fingerprint density at radius 3 is 1.83 bits per heavy atom. The number of fused-ring (bicyclic) bond motifs is 13. The third kappa shape index (κ3) is 4.49. The van der Waals surface area contributed by atoms with Gasteiger partial charge in [-0.15, -0.1) is 11.3 Å². The maximum atomic E-state index is 6.35. The van der Waals surface area contributed by atoms with Crippen LogP contribution in [0.1, 0.15) is 25.0 Å². The zero-order valence-electron chi connectivity index (χ0n) is 29.5. The van der Waals surface area contributed by atoms with Crippen LogP contribution in [0.25, 0.3) is 97.0 Å². The van der Waals surface area contributed by atoms with E-state index in [1.165, 1.54) is 75.1 Å². The average molecular weight is 695 g/mol. The standard InChI is InChI=1S/C51H34OS/c1-51(2)44-28-24-32(29-43(44)41-26-21-31-22-27-42-40-18-10-12-20-47(40)53-50(42)48(31)49(41)51)34-13-5-3-4-6-14-35(37-16-8-7-15-36(34)37)33-23-25-39-38-17-9-11-19-45(38)52-46(39)30-33/h3-30H,1-2H3. The van der Waals surface area contributed by atoms with Gasteiger partial charge in [0, 0.05) is 41.7 Å². The number of para-hydroxylation sites is 1. The van der Waals surface area contributed by atoms with Crippen LogP contribution in [0.15, 0.2) is 174 Å². The number of benzene rings is 7. The number of hydrogen-bond donors (Lipinski definition) is 0. The van der Waals surface area contributed by atoms with E-state index in [0.29, 0.717) is 0 Å². The molecule has 0 radical (unpaired) electrons. The molecule has 0 bridgehead atoms. The Morgan fingerprint density at radius 1 is 0.434 bits per heavy atom. The van der Waals surface area contributed by atoms with Gasteiger partial charge in [0.05, 0.1) is 0 Å². The van der Waals surface area contributed by atoms with E-state index in [4.69, 9.17) is 4.42 Å². The van der Waals surface area contributed by atoms with Crippen molar-refractivity contribution in [2.75, 3.05) is 0 Å². The minimum atomic E-state index is -0.147. The van der Waals surface area contributed by atoms with Gasteiger partial charge in [0.1, 0.15) is 11.2 Å². The molecule has 1 aliphatic carbocycles. The second kappa shape index (κ2) is 11.4. The minimum absolute atomic E-state index is 0.147. The Labute approximate surface area is 311 Å². The first-order valence-corrected chi connectivity index (χ1v) is 19.2. The van der Waals surface area contributed by atoms with E-state index in [9.17, 15) is 0 Å². The molecule has 2 heterocycles. The highest BCUT2D eigenvalue weighted by Gasteiger charge is 2.37. The topological polar surface area (TPSA) is 13.1 Å². The Kier molecular flexibility index (Phi) is 6.53. The van der Waals surface area contributed by atoms with Gasteiger partial charge in [-0.2, -0.15) is 0 Å². The van der Waals surface area contributed by atoms with Crippen LogP contribution < -0.4 is 0 Å². The molecule has 1 nitrogen and oxygen atoms in total. The van der Waals surface area contributed by atoms with Crippen molar-refractivity contribution in [2.45, 2.75) is 19.3 Å². The maximum Gasteiger partial charge on any atom is 0.136 e. The summed E-state index contributed by atoms with van der Waals surface area (Å²) in [7, 11) is 0. The smallest absolute Gasteiger partial charge is 0.136 e. The third-order valence-corrected chi connectivity index (χ3v) is 12.7. The lowest BCUT2D eigenvalue weighted by atomic mass is 9.80. The summed E-state index contributed by atoms with van der Waals surface area (Å²) in [6.45, 7) is 4.82. The number of hydrogen-bond acceptors (Lipinski definition) is 2. The van der Waals surface area contributed by atoms with E-state index in [-0.39, 0.29) is 5.41 Å². The van der Waals surface area contributed by atoms with Crippen LogP contribution in [0.4, 0.5) is 0 Å². The SMILES string of the molecule is CC1(C)c2ccc(-c3ccccccc(-c4ccc5c(c4)oc4ccccc45)c4ccccc34)cc2-c2ccc3ccc4c5ccccc5sc4c3c21. The van der Waals surface area contributed by atoms with Crippen LogP contribution in [0.5, 0.6) is 0 Å². The van der Waals surface area contributed by atoms with Crippen molar-refractivity contribution < 1.29 is 4.42 Å². The van der Waals surface area contributed by atoms with Crippen LogP contribution in [0, 0.1) is 0 Å². The van der Waals surface area contributed by atoms with E-state index in [2.05, 4.69) is 172 Å². The molecular weight excluding hydrogens is 661 g/mol. The molecule has 0 N–H and O–H groups in total. The summed E-state index contributed by atoms with van der Waals surface area (Å²) in [6, 6.07) is 62.1. The fraction of sp³-hybridized carbons (Fsp3) is 0.0588. The van der Waals surface area contributed by atoms with Gasteiger partial charge < -0.3 is 4.42 Å². The van der Waals surface area contributed by atoms with E-state index in [1.807, 2.05) is 23.5 Å². The fourth-order valence-electron chi connectivity index (χ4n) is 9.04. The van der Waals surface area contributed by atoms with Gasteiger partial charge in [0.25, 0.3) is 0 Å². The van der Waals surface area contributed by atoms with Crippen LogP contribution in [-0.4, -0.2) is 0 Å². The first kappa shape index (κ1) is 30.4. The second-order valence-electron chi connectivity index (χ2n) is 14.8. The summed E-state index contributed by atoms with van der Waals surface area (Å²) >= 11 is 1.93. The monoisotopic (exact) mass is 694 g/mol. The number of furan rings is 1. The molecule has 0 unspecified atom stereocenters. The second-order valence-corrected chi connectivity index (χ2v) is 15.8. The highest BCUT2D eigenvalue weighted by atomic mass is 32.1. The van der Waals surface area contributed by atoms with Crippen molar-refractivity contribution in [1.82, 2.24) is 0 Å². The molecule has 250 valence electrons. The molecule has 0 aliphatic heterocycles. The Hall–Kier alpha value is -6.22. The summed E-state index contributed by atoms with van der Waals surface area (Å²) in [5.41, 5.74) is 11.9. The number of rotatable bonds is 2. The zero-order chi connectivity index (χ0) is 35.3. The Bertz CT molecular complexity index is 3210. The van der Waals surface area contributed by atoms with Gasteiger partial charge in [-0.25, -0.2) is 0 Å². The lowest BCUT2D eigenvalue weighted by Crippen LogP contribution is -2.15. The maximum absolute atomic E-state index is 6.35. The van der Waals surface area contributed by atoms with E-state index in [0.717, 1.165) is 33.1 Å². The highest BCUT2D eigenvalue weighted by Crippen LogP contribution is 2.54. The molecular formula is C51H34OS. The van der Waals surface area contributed by atoms with E-state index in [1.54, 1.807) is 0 Å². The molecule has 0 saturated heterocycles. The van der Waals surface area contributed by atoms with Crippen LogP contribution in [-0.2, 0) is 5.41 Å². The molecule has 0 spiro atoms. The average Bonchev–Trinajstić information content (AvgIpc) is 3.83. The Balaban J connectivity index is 1.14. The van der Waals surface area contributed by atoms with Crippen LogP contribution >= 0.6 is 11.3 Å². The molecule has 53 heavy (non-hydrogen) atoms. The summed E-state index contributed by atoms with van der Waals surface area (Å²) in [5.74, 6) is 0. The quantitative estimate of drug-likeness (QED) is 0.176. The van der Waals surface area contributed by atoms with Crippen molar-refractivity contribution in [3.63, 3.8) is 0 Å². The molecule has 0 amide bonds. The molecule has 0 fully saturated rings. The van der Waals surface area contributed by atoms with Gasteiger partial charge in [0.15, 0.2) is 0 Å². The predicted molar refractivity (Wildman–Crippen MR) is 228 cm³/mol. The van der Waals surface area contributed by atoms with Gasteiger partial charge in [0.2, 0.25) is 0 Å². The van der Waals surface area contributed by atoms with E-state index >= 15 is 0 Å². The molecule has 0 saturated carbocycles. The van der Waals surface area contributed by atoms with Crippen molar-refractivity contribution in [3.05, 3.63) is 181 Å². The summed E-state index contributed by atoms with van der Waals surface area (Å²) in [4.78, 5) is 0. The predicted octanol–water partition coefficient (Wildman–Crippen LogP) is 15.0. The Morgan fingerprint density at radius 2 is 1.04 bits per heavy atom. The van der Waals surface area contributed by atoms with Crippen LogP contribution in [0.2, 0.25) is 0 Å². The lowest BCUT2D eigenvalue weighted by Gasteiger charge is -2.23. The lowest BCUT2D eigenvalue weighted by molar-refractivity contribution is 0.667. The molecule has 1 aliphatic rings. The van der Waals surface area contributed by atoms with Gasteiger partial charge in [-0.3, -0.25) is 0 Å². The first-order valence-electron chi connectivity index (χ1n) is 18.3. The molecule has 0 atom stereocenters. The fourth-order valence-corrected chi connectivity index (χ4v) is 10.3. The van der Waals surface area contributed by atoms with Crippen molar-refractivity contribution in [2.24, 2.45) is 0 Å². The first-order chi connectivity index (χ1) is 26.0. The minimum Gasteiger partial charge on any atom is -0.456 e. The van der Waals surface area contributed by atoms with Gasteiger partial charge in [-0.1, -0.05) is 153 Å². The van der Waals surface area contributed by atoms with Crippen molar-refractivity contribution in [1.29, 1.82) is 0 Å². The van der Waals surface area contributed by atoms with Gasteiger partial charge >= 0.3 is 0 Å². The summed E-state index contributed by atoms with van der Waals surface area (Å²) in [6.07, 6.45) is 0. The number of thiophene rings is 1. The molecule has 10 aromatic rings. The molecule has 2 aromatic heterocycles. The van der Waals surface area contributed by atoms with Gasteiger partial charge in [-0.05, 0) is 91.0 Å². The third-order valence-electron chi connectivity index (χ3n) is 11.5. The highest BCUT2D eigenvalue weighted by molar-refractivity contribution is 7.26. The summed E-state index contributed by atoms with van der Waals surface area (Å²) in [5, 5.41) is 10.1. The van der Waals surface area contributed by atoms with Crippen molar-refractivity contribution in [3.8, 4) is 33.4 Å². The summed E-state index contributed by atoms with van der Waals surface area (Å²) < 4.78 is 9.09.